The summed E-state index contributed by atoms with van der Waals surface area (Å²) in [5.74, 6) is -4.38. The molecule has 0 aromatic heterocycles. The Bertz CT molecular complexity index is 1280. The van der Waals surface area contributed by atoms with Crippen LogP contribution in [0.3, 0.4) is 0 Å². The van der Waals surface area contributed by atoms with Crippen LogP contribution in [0.4, 0.5) is 0 Å². The third kappa shape index (κ3) is 3.64. The standard InChI is InChI=1S/C21H22ClN3O9S/c1-21(18(20(31)32)25-14(28)7-15(25)35(21,33)34)9-23-8-13(27)11-3-2-6-24(11)19(30)10-4-5-12(26)17(29)16(10)22/h4-5,9,11,15,18,26,29H,2-3,6-8H2,1H3,(H,31,32)/t11?,15-,18+,21+/m1/s1. The number of phenols is 2. The van der Waals surface area contributed by atoms with Gasteiger partial charge in [0, 0.05) is 12.8 Å². The van der Waals surface area contributed by atoms with Gasteiger partial charge in [-0.1, -0.05) is 11.6 Å². The molecule has 1 unspecified atom stereocenters. The third-order valence-corrected chi connectivity index (χ3v) is 9.83. The lowest BCUT2D eigenvalue weighted by Gasteiger charge is -2.35. The Labute approximate surface area is 204 Å². The Hall–Kier alpha value is -3.19. The van der Waals surface area contributed by atoms with Crippen molar-refractivity contribution < 1.29 is 42.9 Å². The fraction of sp³-hybridized carbons (Fsp3) is 0.476. The molecule has 12 nitrogen and oxygen atoms in total. The SMILES string of the molecule is C[C@]1(C=NCC(=O)C2CCCN2C(=O)c2ccc(O)c(O)c2Cl)[C@H](C(=O)O)N2C(=O)C[C@H]2S1(=O)=O. The molecule has 3 fully saturated rings. The van der Waals surface area contributed by atoms with Crippen LogP contribution < -0.4 is 0 Å². The average Bonchev–Trinajstić information content (AvgIpc) is 3.32. The Kier molecular flexibility index (Phi) is 6.04. The van der Waals surface area contributed by atoms with Gasteiger partial charge < -0.3 is 25.1 Å². The predicted octanol–water partition coefficient (Wildman–Crippen LogP) is 0.194. The first-order valence-electron chi connectivity index (χ1n) is 10.7. The van der Waals surface area contributed by atoms with Crippen molar-refractivity contribution in [3.05, 3.63) is 22.7 Å². The molecule has 3 saturated heterocycles. The predicted molar refractivity (Wildman–Crippen MR) is 121 cm³/mol. The van der Waals surface area contributed by atoms with Gasteiger partial charge >= 0.3 is 5.97 Å². The van der Waals surface area contributed by atoms with E-state index in [-0.39, 0.29) is 23.6 Å². The molecule has 0 bridgehead atoms. The first kappa shape index (κ1) is 24.9. The molecule has 3 aliphatic heterocycles. The normalized spacial score (nSPS) is 29.3. The molecule has 188 valence electrons. The summed E-state index contributed by atoms with van der Waals surface area (Å²) >= 11 is 5.98. The Morgan fingerprint density at radius 3 is 2.60 bits per heavy atom. The van der Waals surface area contributed by atoms with Gasteiger partial charge in [0.2, 0.25) is 5.91 Å². The number of ketones is 1. The van der Waals surface area contributed by atoms with Crippen LogP contribution in [0.2, 0.25) is 5.02 Å². The van der Waals surface area contributed by atoms with Crippen LogP contribution in [0.5, 0.6) is 11.5 Å². The second-order valence-corrected chi connectivity index (χ2v) is 11.7. The highest BCUT2D eigenvalue weighted by molar-refractivity contribution is 7.94. The number of aromatic hydroxyl groups is 2. The number of aliphatic carboxylic acids is 1. The largest absolute Gasteiger partial charge is 0.504 e. The minimum Gasteiger partial charge on any atom is -0.504 e. The molecule has 3 N–H and O–H groups in total. The lowest BCUT2D eigenvalue weighted by Crippen LogP contribution is -2.57. The van der Waals surface area contributed by atoms with Crippen molar-refractivity contribution >= 4 is 51.2 Å². The van der Waals surface area contributed by atoms with Crippen LogP contribution in [0.1, 0.15) is 36.5 Å². The number of rotatable bonds is 6. The van der Waals surface area contributed by atoms with Gasteiger partial charge in [-0.3, -0.25) is 19.4 Å². The zero-order chi connectivity index (χ0) is 25.9. The van der Waals surface area contributed by atoms with E-state index in [9.17, 15) is 42.9 Å². The monoisotopic (exact) mass is 527 g/mol. The Morgan fingerprint density at radius 2 is 1.97 bits per heavy atom. The highest BCUT2D eigenvalue weighted by Crippen LogP contribution is 2.45. The zero-order valence-corrected chi connectivity index (χ0v) is 20.0. The average molecular weight is 528 g/mol. The van der Waals surface area contributed by atoms with Crippen molar-refractivity contribution in [2.45, 2.75) is 48.4 Å². The van der Waals surface area contributed by atoms with Crippen molar-refractivity contribution in [1.82, 2.24) is 9.80 Å². The van der Waals surface area contributed by atoms with E-state index >= 15 is 0 Å². The summed E-state index contributed by atoms with van der Waals surface area (Å²) in [6.07, 6.45) is 1.42. The summed E-state index contributed by atoms with van der Waals surface area (Å²) in [6.45, 7) is 0.868. The summed E-state index contributed by atoms with van der Waals surface area (Å²) in [5, 5.41) is 27.3. The van der Waals surface area contributed by atoms with Crippen molar-refractivity contribution in [2.24, 2.45) is 4.99 Å². The smallest absolute Gasteiger partial charge is 0.328 e. The highest BCUT2D eigenvalue weighted by Gasteiger charge is 2.69. The number of hydrogen-bond donors (Lipinski definition) is 3. The number of carboxylic acid groups (broad SMARTS) is 1. The van der Waals surface area contributed by atoms with Gasteiger partial charge in [0.1, 0.15) is 10.1 Å². The number of carbonyl (C=O) groups excluding carboxylic acids is 3. The van der Waals surface area contributed by atoms with Gasteiger partial charge in [-0.2, -0.15) is 0 Å². The minimum absolute atomic E-state index is 0.103. The van der Waals surface area contributed by atoms with E-state index in [2.05, 4.69) is 4.99 Å². The van der Waals surface area contributed by atoms with Gasteiger partial charge in [-0.15, -0.1) is 0 Å². The number of benzene rings is 1. The molecule has 1 aromatic rings. The molecule has 4 atom stereocenters. The molecule has 0 spiro atoms. The molecular formula is C21H22ClN3O9S. The number of amides is 2. The second kappa shape index (κ2) is 8.48. The molecule has 0 aliphatic carbocycles. The Balaban J connectivity index is 1.52. The molecular weight excluding hydrogens is 506 g/mol. The van der Waals surface area contributed by atoms with E-state index in [1.54, 1.807) is 0 Å². The third-order valence-electron chi connectivity index (χ3n) is 6.78. The van der Waals surface area contributed by atoms with Gasteiger partial charge in [-0.25, -0.2) is 13.2 Å². The lowest BCUT2D eigenvalue weighted by molar-refractivity contribution is -0.156. The fourth-order valence-electron chi connectivity index (χ4n) is 4.84. The molecule has 35 heavy (non-hydrogen) atoms. The maximum atomic E-state index is 13.0. The summed E-state index contributed by atoms with van der Waals surface area (Å²) in [4.78, 5) is 55.5. The van der Waals surface area contributed by atoms with E-state index in [1.165, 1.54) is 11.0 Å². The molecule has 0 saturated carbocycles. The molecule has 2 amide bonds. The van der Waals surface area contributed by atoms with Crippen molar-refractivity contribution in [3.8, 4) is 11.5 Å². The van der Waals surface area contributed by atoms with E-state index in [4.69, 9.17) is 11.6 Å². The number of hydrogen-bond acceptors (Lipinski definition) is 9. The number of sulfone groups is 1. The summed E-state index contributed by atoms with van der Waals surface area (Å²) in [7, 11) is -4.10. The van der Waals surface area contributed by atoms with E-state index in [1.807, 2.05) is 0 Å². The number of halogens is 1. The topological polar surface area (TPSA) is 182 Å². The highest BCUT2D eigenvalue weighted by atomic mass is 35.5. The van der Waals surface area contributed by atoms with Crippen LogP contribution in [-0.2, 0) is 24.2 Å². The zero-order valence-electron chi connectivity index (χ0n) is 18.4. The maximum Gasteiger partial charge on any atom is 0.328 e. The fourth-order valence-corrected chi connectivity index (χ4v) is 7.32. The summed E-state index contributed by atoms with van der Waals surface area (Å²) in [6, 6.07) is -0.232. The van der Waals surface area contributed by atoms with E-state index in [0.29, 0.717) is 12.8 Å². The van der Waals surface area contributed by atoms with E-state index < -0.39 is 73.7 Å². The van der Waals surface area contributed by atoms with Crippen molar-refractivity contribution in [2.75, 3.05) is 13.1 Å². The molecule has 3 heterocycles. The van der Waals surface area contributed by atoms with Crippen LogP contribution in [-0.4, -0.2) is 98.6 Å². The summed E-state index contributed by atoms with van der Waals surface area (Å²) in [5.41, 5.74) is -0.103. The molecule has 1 aromatic carbocycles. The number of nitrogens with zero attached hydrogens (tertiary/aromatic N) is 3. The van der Waals surface area contributed by atoms with Gasteiger partial charge in [0.25, 0.3) is 5.91 Å². The number of β-lactam (4-membered cyclic amide) rings is 1. The minimum atomic E-state index is -4.10. The first-order chi connectivity index (χ1) is 16.3. The molecule has 0 radical (unpaired) electrons. The number of carbonyl (C=O) groups is 4. The summed E-state index contributed by atoms with van der Waals surface area (Å²) < 4.78 is 23.8. The first-order valence-corrected chi connectivity index (χ1v) is 12.6. The van der Waals surface area contributed by atoms with Crippen LogP contribution >= 0.6 is 11.6 Å². The number of likely N-dealkylation sites (tertiary alicyclic amines) is 1. The number of carboxylic acids is 1. The molecule has 3 aliphatic rings. The maximum absolute atomic E-state index is 13.0. The number of fused-ring (bicyclic) bond motifs is 1. The Morgan fingerprint density at radius 1 is 1.29 bits per heavy atom. The van der Waals surface area contributed by atoms with Crippen LogP contribution in [0.15, 0.2) is 17.1 Å². The van der Waals surface area contributed by atoms with E-state index in [0.717, 1.165) is 24.1 Å². The number of phenolic OH excluding ortho intramolecular Hbond substituents is 2. The molecule has 4 rings (SSSR count). The van der Waals surface area contributed by atoms with Crippen molar-refractivity contribution in [1.29, 1.82) is 0 Å². The van der Waals surface area contributed by atoms with Crippen molar-refractivity contribution in [3.63, 3.8) is 0 Å². The van der Waals surface area contributed by atoms with Gasteiger partial charge in [-0.05, 0) is 31.9 Å². The number of Topliss-reactive ketones (excluding diaryl/α,β-unsaturated/α-hetero) is 1. The second-order valence-electron chi connectivity index (χ2n) is 8.82. The van der Waals surface area contributed by atoms with Crippen LogP contribution in [0, 0.1) is 0 Å². The number of aliphatic imine (C=N–C) groups is 1. The van der Waals surface area contributed by atoms with Gasteiger partial charge in [0.15, 0.2) is 33.2 Å². The van der Waals surface area contributed by atoms with Gasteiger partial charge in [0.05, 0.1) is 29.6 Å². The van der Waals surface area contributed by atoms with Crippen LogP contribution in [0.25, 0.3) is 0 Å². The molecule has 14 heteroatoms. The quantitative estimate of drug-likeness (QED) is 0.264. The lowest BCUT2D eigenvalue weighted by atomic mass is 9.97.